The first-order valence-electron chi connectivity index (χ1n) is 8.20. The first kappa shape index (κ1) is 19.0. The van der Waals surface area contributed by atoms with E-state index < -0.39 is 0 Å². The van der Waals surface area contributed by atoms with Crippen LogP contribution in [0.3, 0.4) is 0 Å². The van der Waals surface area contributed by atoms with Gasteiger partial charge in [-0.15, -0.1) is 0 Å². The third-order valence-corrected chi connectivity index (χ3v) is 4.66. The van der Waals surface area contributed by atoms with Gasteiger partial charge in [-0.25, -0.2) is 0 Å². The van der Waals surface area contributed by atoms with Crippen LogP contribution in [-0.2, 0) is 9.59 Å². The highest BCUT2D eigenvalue weighted by molar-refractivity contribution is 6.35. The summed E-state index contributed by atoms with van der Waals surface area (Å²) in [5, 5.41) is 7.17. The Kier molecular flexibility index (Phi) is 7.34. The Morgan fingerprint density at radius 3 is 2.83 bits per heavy atom. The van der Waals surface area contributed by atoms with Gasteiger partial charge < -0.3 is 15.5 Å². The van der Waals surface area contributed by atoms with Gasteiger partial charge in [-0.2, -0.15) is 0 Å². The van der Waals surface area contributed by atoms with Gasteiger partial charge in [-0.05, 0) is 37.5 Å². The molecule has 1 fully saturated rings. The van der Waals surface area contributed by atoms with Crippen molar-refractivity contribution in [2.45, 2.75) is 32.2 Å². The van der Waals surface area contributed by atoms with Gasteiger partial charge in [0, 0.05) is 42.1 Å². The molecule has 1 aliphatic rings. The molecule has 1 atom stereocenters. The number of nitrogens with one attached hydrogen (secondary N) is 2. The molecule has 1 unspecified atom stereocenters. The van der Waals surface area contributed by atoms with E-state index in [1.807, 2.05) is 17.9 Å². The van der Waals surface area contributed by atoms with Crippen molar-refractivity contribution >= 4 is 35.0 Å². The summed E-state index contributed by atoms with van der Waals surface area (Å²) in [6.45, 7) is 4.28. The van der Waals surface area contributed by atoms with Crippen LogP contribution in [0.5, 0.6) is 0 Å². The average molecular weight is 372 g/mol. The van der Waals surface area contributed by atoms with Crippen molar-refractivity contribution in [3.8, 4) is 0 Å². The summed E-state index contributed by atoms with van der Waals surface area (Å²) in [6, 6.07) is 5.27. The van der Waals surface area contributed by atoms with E-state index in [0.717, 1.165) is 24.9 Å². The molecule has 2 amide bonds. The van der Waals surface area contributed by atoms with E-state index in [2.05, 4.69) is 10.6 Å². The molecule has 0 aliphatic carbocycles. The number of hydrogen-bond acceptors (Lipinski definition) is 3. The first-order valence-corrected chi connectivity index (χ1v) is 8.96. The lowest BCUT2D eigenvalue weighted by Crippen LogP contribution is -2.36. The number of carbonyl (C=O) groups excluding carboxylic acids is 2. The molecule has 1 heterocycles. The van der Waals surface area contributed by atoms with Crippen LogP contribution in [0, 0.1) is 0 Å². The monoisotopic (exact) mass is 371 g/mol. The number of rotatable bonds is 8. The van der Waals surface area contributed by atoms with Crippen LogP contribution < -0.4 is 10.6 Å². The van der Waals surface area contributed by atoms with Gasteiger partial charge in [-0.3, -0.25) is 9.59 Å². The molecule has 1 aromatic carbocycles. The number of hydrogen-bond donors (Lipinski definition) is 2. The number of benzene rings is 1. The highest BCUT2D eigenvalue weighted by Gasteiger charge is 2.19. The second-order valence-electron chi connectivity index (χ2n) is 5.96. The summed E-state index contributed by atoms with van der Waals surface area (Å²) >= 11 is 12.0. The van der Waals surface area contributed by atoms with Gasteiger partial charge in [0.05, 0.1) is 6.54 Å². The fourth-order valence-electron chi connectivity index (χ4n) is 2.71. The standard InChI is InChI=1S/C17H23Cl2N3O2/c1-12(14-6-5-13(18)10-15(14)19)21-11-16(23)20-7-3-9-22-8-2-4-17(22)24/h5-6,10,12,21H,2-4,7-9,11H2,1H3,(H,20,23). The Balaban J connectivity index is 1.64. The highest BCUT2D eigenvalue weighted by atomic mass is 35.5. The minimum absolute atomic E-state index is 0.0530. The van der Waals surface area contributed by atoms with Crippen molar-refractivity contribution in [1.82, 2.24) is 15.5 Å². The predicted octanol–water partition coefficient (Wildman–Crippen LogP) is 2.77. The Morgan fingerprint density at radius 1 is 1.38 bits per heavy atom. The molecular formula is C17H23Cl2N3O2. The van der Waals surface area contributed by atoms with Crippen LogP contribution >= 0.6 is 23.2 Å². The number of likely N-dealkylation sites (tertiary alicyclic amines) is 1. The zero-order chi connectivity index (χ0) is 17.5. The summed E-state index contributed by atoms with van der Waals surface area (Å²) in [5.41, 5.74) is 0.904. The Hall–Kier alpha value is -1.30. The Labute approximate surface area is 152 Å². The quantitative estimate of drug-likeness (QED) is 0.690. The fourth-order valence-corrected chi connectivity index (χ4v) is 3.28. The zero-order valence-electron chi connectivity index (χ0n) is 13.8. The van der Waals surface area contributed by atoms with Gasteiger partial charge >= 0.3 is 0 Å². The van der Waals surface area contributed by atoms with E-state index in [0.29, 0.717) is 29.6 Å². The highest BCUT2D eigenvalue weighted by Crippen LogP contribution is 2.25. The zero-order valence-corrected chi connectivity index (χ0v) is 15.3. The van der Waals surface area contributed by atoms with Crippen LogP contribution in [0.1, 0.15) is 37.8 Å². The topological polar surface area (TPSA) is 61.4 Å². The molecule has 0 bridgehead atoms. The van der Waals surface area contributed by atoms with Crippen molar-refractivity contribution < 1.29 is 9.59 Å². The first-order chi connectivity index (χ1) is 11.5. The molecule has 1 aromatic rings. The molecule has 24 heavy (non-hydrogen) atoms. The van der Waals surface area contributed by atoms with E-state index in [1.165, 1.54) is 0 Å². The maximum Gasteiger partial charge on any atom is 0.233 e. The van der Waals surface area contributed by atoms with Crippen LogP contribution in [0.15, 0.2) is 18.2 Å². The van der Waals surface area contributed by atoms with Crippen molar-refractivity contribution in [3.05, 3.63) is 33.8 Å². The molecule has 1 saturated heterocycles. The molecule has 0 aromatic heterocycles. The summed E-state index contributed by atoms with van der Waals surface area (Å²) in [5.74, 6) is 0.149. The normalized spacial score (nSPS) is 15.6. The second kappa shape index (κ2) is 9.25. The van der Waals surface area contributed by atoms with Crippen molar-refractivity contribution in [1.29, 1.82) is 0 Å². The molecule has 5 nitrogen and oxygen atoms in total. The molecule has 7 heteroatoms. The van der Waals surface area contributed by atoms with Crippen LogP contribution in [0.2, 0.25) is 10.0 Å². The molecule has 0 radical (unpaired) electrons. The average Bonchev–Trinajstić information content (AvgIpc) is 2.94. The van der Waals surface area contributed by atoms with Gasteiger partial charge in [0.1, 0.15) is 0 Å². The van der Waals surface area contributed by atoms with Crippen molar-refractivity contribution in [3.63, 3.8) is 0 Å². The molecule has 0 saturated carbocycles. The molecule has 132 valence electrons. The smallest absolute Gasteiger partial charge is 0.233 e. The molecule has 1 aliphatic heterocycles. The minimum atomic E-state index is -0.0697. The molecule has 0 spiro atoms. The largest absolute Gasteiger partial charge is 0.355 e. The number of carbonyl (C=O) groups is 2. The Morgan fingerprint density at radius 2 is 2.17 bits per heavy atom. The number of halogens is 2. The van der Waals surface area contributed by atoms with E-state index in [1.54, 1.807) is 12.1 Å². The molecule has 2 N–H and O–H groups in total. The summed E-state index contributed by atoms with van der Waals surface area (Å²) < 4.78 is 0. The summed E-state index contributed by atoms with van der Waals surface area (Å²) in [7, 11) is 0. The summed E-state index contributed by atoms with van der Waals surface area (Å²) in [6.07, 6.45) is 2.37. The minimum Gasteiger partial charge on any atom is -0.355 e. The van der Waals surface area contributed by atoms with Gasteiger partial charge in [0.25, 0.3) is 0 Å². The van der Waals surface area contributed by atoms with Crippen LogP contribution in [0.4, 0.5) is 0 Å². The van der Waals surface area contributed by atoms with Crippen molar-refractivity contribution in [2.75, 3.05) is 26.2 Å². The van der Waals surface area contributed by atoms with E-state index >= 15 is 0 Å². The predicted molar refractivity (Wildman–Crippen MR) is 96.3 cm³/mol. The third-order valence-electron chi connectivity index (χ3n) is 4.10. The number of nitrogens with zero attached hydrogens (tertiary/aromatic N) is 1. The van der Waals surface area contributed by atoms with Gasteiger partial charge in [0.2, 0.25) is 11.8 Å². The van der Waals surface area contributed by atoms with E-state index in [9.17, 15) is 9.59 Å². The summed E-state index contributed by atoms with van der Waals surface area (Å²) in [4.78, 5) is 25.2. The van der Waals surface area contributed by atoms with E-state index in [-0.39, 0.29) is 24.4 Å². The van der Waals surface area contributed by atoms with Crippen LogP contribution in [-0.4, -0.2) is 42.9 Å². The lowest BCUT2D eigenvalue weighted by molar-refractivity contribution is -0.127. The van der Waals surface area contributed by atoms with Gasteiger partial charge in [0.15, 0.2) is 0 Å². The van der Waals surface area contributed by atoms with Gasteiger partial charge in [-0.1, -0.05) is 29.3 Å². The maximum absolute atomic E-state index is 11.9. The SMILES string of the molecule is CC(NCC(=O)NCCCN1CCCC1=O)c1ccc(Cl)cc1Cl. The molecule has 2 rings (SSSR count). The van der Waals surface area contributed by atoms with Crippen molar-refractivity contribution in [2.24, 2.45) is 0 Å². The lowest BCUT2D eigenvalue weighted by Gasteiger charge is -2.17. The maximum atomic E-state index is 11.9. The molecular weight excluding hydrogens is 349 g/mol. The Bertz CT molecular complexity index is 595. The van der Waals surface area contributed by atoms with Crippen LogP contribution in [0.25, 0.3) is 0 Å². The number of amides is 2. The third kappa shape index (κ3) is 5.65. The van der Waals surface area contributed by atoms with E-state index in [4.69, 9.17) is 23.2 Å². The fraction of sp³-hybridized carbons (Fsp3) is 0.529. The lowest BCUT2D eigenvalue weighted by atomic mass is 10.1. The second-order valence-corrected chi connectivity index (χ2v) is 6.80.